The molecule has 1 aliphatic heterocycles. The summed E-state index contributed by atoms with van der Waals surface area (Å²) in [5.41, 5.74) is 1.18. The summed E-state index contributed by atoms with van der Waals surface area (Å²) in [6.45, 7) is 1.44. The molecule has 0 radical (unpaired) electrons. The van der Waals surface area contributed by atoms with Crippen LogP contribution in [0.3, 0.4) is 0 Å². The van der Waals surface area contributed by atoms with Gasteiger partial charge in [-0.1, -0.05) is 18.2 Å². The molecule has 1 aliphatic rings. The molecule has 1 aromatic heterocycles. The Morgan fingerprint density at radius 3 is 2.84 bits per heavy atom. The molecule has 2 aromatic rings. The number of thiophene rings is 1. The van der Waals surface area contributed by atoms with Crippen LogP contribution in [0.25, 0.3) is 0 Å². The Balaban J connectivity index is 1.62. The Morgan fingerprint density at radius 2 is 2.08 bits per heavy atom. The lowest BCUT2D eigenvalue weighted by Gasteiger charge is -2.30. The molecule has 0 saturated carbocycles. The van der Waals surface area contributed by atoms with E-state index in [0.29, 0.717) is 17.8 Å². The zero-order valence-electron chi connectivity index (χ0n) is 13.7. The molecule has 2 heterocycles. The largest absolute Gasteiger partial charge is 0.453 e. The first-order valence-corrected chi connectivity index (χ1v) is 8.84. The van der Waals surface area contributed by atoms with Crippen molar-refractivity contribution in [2.24, 2.45) is 0 Å². The van der Waals surface area contributed by atoms with Crippen LogP contribution in [-0.4, -0.2) is 30.4 Å². The Hall–Kier alpha value is -2.67. The van der Waals surface area contributed by atoms with E-state index in [9.17, 15) is 14.4 Å². The van der Waals surface area contributed by atoms with E-state index in [4.69, 9.17) is 4.74 Å². The van der Waals surface area contributed by atoms with Crippen molar-refractivity contribution in [2.45, 2.75) is 25.9 Å². The monoisotopic (exact) mass is 358 g/mol. The summed E-state index contributed by atoms with van der Waals surface area (Å²) >= 11 is 1.58. The van der Waals surface area contributed by atoms with Crippen molar-refractivity contribution in [3.8, 4) is 0 Å². The minimum Gasteiger partial charge on any atom is -0.453 e. The summed E-state index contributed by atoms with van der Waals surface area (Å²) in [7, 11) is 0. The van der Waals surface area contributed by atoms with E-state index in [1.165, 1.54) is 11.8 Å². The van der Waals surface area contributed by atoms with Gasteiger partial charge in [-0.25, -0.2) is 0 Å². The highest BCUT2D eigenvalue weighted by atomic mass is 32.1. The molecule has 1 atom stereocenters. The molecule has 0 spiro atoms. The third-order valence-corrected chi connectivity index (χ3v) is 4.78. The van der Waals surface area contributed by atoms with Crippen molar-refractivity contribution < 1.29 is 19.1 Å². The van der Waals surface area contributed by atoms with Crippen molar-refractivity contribution in [1.82, 2.24) is 0 Å². The fraction of sp³-hybridized carbons (Fsp3) is 0.278. The highest BCUT2D eigenvalue weighted by molar-refractivity contribution is 7.09. The molecule has 1 aromatic carbocycles. The Labute approximate surface area is 149 Å². The summed E-state index contributed by atoms with van der Waals surface area (Å²) in [6, 6.07) is 10.9. The standard InChI is InChI=1S/C18H18N2O4S/c1-12(24-17(22)9-8-13-5-4-10-25-13)18(23)20-11-16(21)19-14-6-2-3-7-15(14)20/h2-7,10,12H,8-9,11H2,1H3,(H,19,21)/t12-/m0/s1. The van der Waals surface area contributed by atoms with Crippen LogP contribution in [0.1, 0.15) is 18.2 Å². The van der Waals surface area contributed by atoms with Crippen molar-refractivity contribution in [3.05, 3.63) is 46.7 Å². The number of para-hydroxylation sites is 2. The Bertz CT molecular complexity index is 788. The van der Waals surface area contributed by atoms with Crippen LogP contribution in [0.15, 0.2) is 41.8 Å². The second-order valence-corrected chi connectivity index (χ2v) is 6.73. The van der Waals surface area contributed by atoms with Gasteiger partial charge in [0.2, 0.25) is 5.91 Å². The number of hydrogen-bond acceptors (Lipinski definition) is 5. The van der Waals surface area contributed by atoms with Crippen molar-refractivity contribution in [2.75, 3.05) is 16.8 Å². The number of nitrogens with zero attached hydrogens (tertiary/aromatic N) is 1. The minimum absolute atomic E-state index is 0.0903. The maximum absolute atomic E-state index is 12.6. The van der Waals surface area contributed by atoms with E-state index in [0.717, 1.165) is 4.88 Å². The molecule has 0 unspecified atom stereocenters. The predicted molar refractivity (Wildman–Crippen MR) is 95.6 cm³/mol. The van der Waals surface area contributed by atoms with Crippen molar-refractivity contribution in [1.29, 1.82) is 0 Å². The number of ether oxygens (including phenoxy) is 1. The van der Waals surface area contributed by atoms with Crippen LogP contribution >= 0.6 is 11.3 Å². The maximum atomic E-state index is 12.6. The molecule has 0 bridgehead atoms. The van der Waals surface area contributed by atoms with Gasteiger partial charge in [0.25, 0.3) is 5.91 Å². The van der Waals surface area contributed by atoms with Gasteiger partial charge in [-0.3, -0.25) is 19.3 Å². The Morgan fingerprint density at radius 1 is 1.28 bits per heavy atom. The van der Waals surface area contributed by atoms with Crippen LogP contribution in [0.5, 0.6) is 0 Å². The summed E-state index contributed by atoms with van der Waals surface area (Å²) in [6.07, 6.45) is -0.142. The number of benzene rings is 1. The third kappa shape index (κ3) is 4.06. The first-order chi connectivity index (χ1) is 12.0. The average molecular weight is 358 g/mol. The van der Waals surface area contributed by atoms with Crippen molar-refractivity contribution >= 4 is 40.5 Å². The van der Waals surface area contributed by atoms with Crippen LogP contribution in [0.4, 0.5) is 11.4 Å². The molecule has 130 valence electrons. The highest BCUT2D eigenvalue weighted by Gasteiger charge is 2.31. The minimum atomic E-state index is -0.949. The maximum Gasteiger partial charge on any atom is 0.306 e. The van der Waals surface area contributed by atoms with E-state index >= 15 is 0 Å². The van der Waals surface area contributed by atoms with Gasteiger partial charge >= 0.3 is 5.97 Å². The number of amides is 2. The molecule has 6 nitrogen and oxygen atoms in total. The Kier molecular flexibility index (Phi) is 5.14. The zero-order valence-corrected chi connectivity index (χ0v) is 14.5. The lowest BCUT2D eigenvalue weighted by atomic mass is 10.1. The van der Waals surface area contributed by atoms with Gasteiger partial charge < -0.3 is 10.1 Å². The van der Waals surface area contributed by atoms with E-state index < -0.39 is 18.0 Å². The number of aryl methyl sites for hydroxylation is 1. The fourth-order valence-corrected chi connectivity index (χ4v) is 3.34. The number of fused-ring (bicyclic) bond motifs is 1. The lowest BCUT2D eigenvalue weighted by molar-refractivity contribution is -0.153. The first-order valence-electron chi connectivity index (χ1n) is 7.96. The molecule has 0 aliphatic carbocycles. The fourth-order valence-electron chi connectivity index (χ4n) is 2.64. The van der Waals surface area contributed by atoms with Gasteiger partial charge in [0.15, 0.2) is 6.10 Å². The number of nitrogens with one attached hydrogen (secondary N) is 1. The van der Waals surface area contributed by atoms with E-state index in [-0.39, 0.29) is 18.9 Å². The summed E-state index contributed by atoms with van der Waals surface area (Å²) in [5, 5.41) is 4.67. The van der Waals surface area contributed by atoms with Gasteiger partial charge in [-0.15, -0.1) is 11.3 Å². The molecule has 1 N–H and O–H groups in total. The summed E-state index contributed by atoms with van der Waals surface area (Å²) in [4.78, 5) is 38.9. The van der Waals surface area contributed by atoms with Gasteiger partial charge in [0.1, 0.15) is 6.54 Å². The topological polar surface area (TPSA) is 75.7 Å². The quantitative estimate of drug-likeness (QED) is 0.834. The van der Waals surface area contributed by atoms with Gasteiger partial charge in [-0.2, -0.15) is 0 Å². The first kappa shape index (κ1) is 17.2. The van der Waals surface area contributed by atoms with Crippen LogP contribution in [0.2, 0.25) is 0 Å². The van der Waals surface area contributed by atoms with E-state index in [1.807, 2.05) is 17.5 Å². The van der Waals surface area contributed by atoms with Crippen molar-refractivity contribution in [3.63, 3.8) is 0 Å². The molecule has 2 amide bonds. The average Bonchev–Trinajstić information content (AvgIpc) is 3.12. The van der Waals surface area contributed by atoms with Gasteiger partial charge in [-0.05, 0) is 36.9 Å². The second kappa shape index (κ2) is 7.48. The van der Waals surface area contributed by atoms with E-state index in [1.54, 1.807) is 35.6 Å². The number of anilines is 2. The van der Waals surface area contributed by atoms with Crippen LogP contribution < -0.4 is 10.2 Å². The third-order valence-electron chi connectivity index (χ3n) is 3.85. The SMILES string of the molecule is C[C@H](OC(=O)CCc1cccs1)C(=O)N1CC(=O)Nc2ccccc21. The van der Waals surface area contributed by atoms with E-state index in [2.05, 4.69) is 5.32 Å². The van der Waals surface area contributed by atoms with Gasteiger partial charge in [0, 0.05) is 4.88 Å². The summed E-state index contributed by atoms with van der Waals surface area (Å²) in [5.74, 6) is -1.11. The van der Waals surface area contributed by atoms with Crippen LogP contribution in [-0.2, 0) is 25.5 Å². The normalized spacial score (nSPS) is 14.4. The highest BCUT2D eigenvalue weighted by Crippen LogP contribution is 2.29. The number of esters is 1. The molecule has 25 heavy (non-hydrogen) atoms. The second-order valence-electron chi connectivity index (χ2n) is 5.70. The smallest absolute Gasteiger partial charge is 0.306 e. The zero-order chi connectivity index (χ0) is 17.8. The number of carbonyl (C=O) groups excluding carboxylic acids is 3. The molecule has 3 rings (SSSR count). The number of carbonyl (C=O) groups is 3. The summed E-state index contributed by atoms with van der Waals surface area (Å²) < 4.78 is 5.26. The molecule has 0 fully saturated rings. The molecule has 7 heteroatoms. The number of hydrogen-bond donors (Lipinski definition) is 1. The number of rotatable bonds is 5. The predicted octanol–water partition coefficient (Wildman–Crippen LogP) is 2.60. The lowest BCUT2D eigenvalue weighted by Crippen LogP contribution is -2.47. The van der Waals surface area contributed by atoms with Crippen LogP contribution in [0, 0.1) is 0 Å². The molecular weight excluding hydrogens is 340 g/mol. The van der Waals surface area contributed by atoms with Gasteiger partial charge in [0.05, 0.1) is 17.8 Å². The molecule has 0 saturated heterocycles. The molecular formula is C18H18N2O4S.